The summed E-state index contributed by atoms with van der Waals surface area (Å²) in [5.41, 5.74) is 1.98. The molecule has 0 saturated carbocycles. The van der Waals surface area contributed by atoms with Crippen molar-refractivity contribution in [2.24, 2.45) is 0 Å². The van der Waals surface area contributed by atoms with Gasteiger partial charge in [0.1, 0.15) is 0 Å². The molecule has 0 fully saturated rings. The summed E-state index contributed by atoms with van der Waals surface area (Å²) >= 11 is 0. The maximum Gasteiger partial charge on any atom is 0.319 e. The number of carbonyl (C=O) groups excluding carboxylic acids is 3. The number of carbonyl (C=O) groups is 3. The number of esters is 1. The van der Waals surface area contributed by atoms with Gasteiger partial charge in [-0.2, -0.15) is 0 Å². The van der Waals surface area contributed by atoms with E-state index in [1.54, 1.807) is 30.5 Å². The van der Waals surface area contributed by atoms with E-state index < -0.39 is 18.1 Å². The molecule has 0 unspecified atom stereocenters. The molecule has 2 amide bonds. The molecular formula is C21H21N3O4. The molecule has 28 heavy (non-hydrogen) atoms. The Kier molecular flexibility index (Phi) is 6.06. The summed E-state index contributed by atoms with van der Waals surface area (Å²) in [7, 11) is 0. The lowest BCUT2D eigenvalue weighted by Crippen LogP contribution is -2.32. The smallest absolute Gasteiger partial charge is 0.319 e. The van der Waals surface area contributed by atoms with Crippen LogP contribution in [0.25, 0.3) is 10.9 Å². The van der Waals surface area contributed by atoms with E-state index in [1.807, 2.05) is 30.3 Å². The van der Waals surface area contributed by atoms with E-state index in [1.165, 1.54) is 6.92 Å². The van der Waals surface area contributed by atoms with E-state index in [-0.39, 0.29) is 18.7 Å². The minimum atomic E-state index is -0.912. The lowest BCUT2D eigenvalue weighted by Gasteiger charge is -2.12. The van der Waals surface area contributed by atoms with Gasteiger partial charge in [0.2, 0.25) is 5.78 Å². The molecule has 144 valence electrons. The summed E-state index contributed by atoms with van der Waals surface area (Å²) in [5, 5.41) is 6.01. The van der Waals surface area contributed by atoms with Gasteiger partial charge in [-0.05, 0) is 25.1 Å². The van der Waals surface area contributed by atoms with Gasteiger partial charge in [-0.3, -0.25) is 9.59 Å². The monoisotopic (exact) mass is 379 g/mol. The fourth-order valence-electron chi connectivity index (χ4n) is 2.78. The fraction of sp³-hybridized carbons (Fsp3) is 0.190. The molecule has 0 radical (unpaired) electrons. The third-order valence-corrected chi connectivity index (χ3v) is 4.18. The number of benzene rings is 2. The number of Topliss-reactive ketones (excluding diaryl/α,β-unsaturated/α-hetero) is 1. The number of fused-ring (bicyclic) bond motifs is 1. The highest BCUT2D eigenvalue weighted by Crippen LogP contribution is 2.20. The summed E-state index contributed by atoms with van der Waals surface area (Å²) in [6, 6.07) is 16.0. The van der Waals surface area contributed by atoms with Gasteiger partial charge in [0, 0.05) is 34.9 Å². The van der Waals surface area contributed by atoms with E-state index in [9.17, 15) is 14.4 Å². The number of aromatic amines is 1. The Morgan fingerprint density at radius 1 is 1.04 bits per heavy atom. The van der Waals surface area contributed by atoms with Crippen LogP contribution in [0.3, 0.4) is 0 Å². The van der Waals surface area contributed by atoms with Crippen molar-refractivity contribution in [3.05, 3.63) is 66.4 Å². The van der Waals surface area contributed by atoms with E-state index in [4.69, 9.17) is 4.74 Å². The van der Waals surface area contributed by atoms with Crippen LogP contribution in [-0.4, -0.2) is 35.4 Å². The zero-order valence-electron chi connectivity index (χ0n) is 15.4. The van der Waals surface area contributed by atoms with Crippen LogP contribution in [0.2, 0.25) is 0 Å². The van der Waals surface area contributed by atoms with E-state index in [0.717, 1.165) is 10.9 Å². The van der Waals surface area contributed by atoms with Crippen LogP contribution in [0.4, 0.5) is 10.5 Å². The number of urea groups is 1. The van der Waals surface area contributed by atoms with Crippen molar-refractivity contribution in [1.82, 2.24) is 10.3 Å². The van der Waals surface area contributed by atoms with Crippen molar-refractivity contribution in [2.75, 3.05) is 11.9 Å². The van der Waals surface area contributed by atoms with Crippen molar-refractivity contribution in [3.8, 4) is 0 Å². The summed E-state index contributed by atoms with van der Waals surface area (Å²) in [4.78, 5) is 39.3. The normalized spacial score (nSPS) is 11.6. The van der Waals surface area contributed by atoms with E-state index in [2.05, 4.69) is 15.6 Å². The van der Waals surface area contributed by atoms with Gasteiger partial charge < -0.3 is 20.4 Å². The number of rotatable bonds is 7. The molecule has 2 aromatic carbocycles. The molecule has 1 atom stereocenters. The molecule has 1 heterocycles. The first-order valence-corrected chi connectivity index (χ1v) is 8.94. The first-order valence-electron chi connectivity index (χ1n) is 8.94. The minimum Gasteiger partial charge on any atom is -0.454 e. The maximum atomic E-state index is 12.6. The van der Waals surface area contributed by atoms with Gasteiger partial charge in [-0.15, -0.1) is 0 Å². The summed E-state index contributed by atoms with van der Waals surface area (Å²) < 4.78 is 5.21. The molecule has 0 saturated heterocycles. The van der Waals surface area contributed by atoms with Crippen LogP contribution >= 0.6 is 0 Å². The predicted octanol–water partition coefficient (Wildman–Crippen LogP) is 3.49. The zero-order valence-corrected chi connectivity index (χ0v) is 15.4. The Balaban J connectivity index is 1.45. The lowest BCUT2D eigenvalue weighted by atomic mass is 10.1. The van der Waals surface area contributed by atoms with Crippen molar-refractivity contribution in [1.29, 1.82) is 0 Å². The number of hydrogen-bond donors (Lipinski definition) is 3. The topological polar surface area (TPSA) is 100 Å². The van der Waals surface area contributed by atoms with Gasteiger partial charge in [-0.1, -0.05) is 36.4 Å². The molecule has 0 spiro atoms. The molecular weight excluding hydrogens is 358 g/mol. The third-order valence-electron chi connectivity index (χ3n) is 4.18. The SMILES string of the molecule is C[C@H](OC(=O)CCNC(=O)Nc1ccccc1)C(=O)c1c[nH]c2ccccc12. The average Bonchev–Trinajstić information content (AvgIpc) is 3.12. The van der Waals surface area contributed by atoms with Gasteiger partial charge in [0.05, 0.1) is 6.42 Å². The maximum absolute atomic E-state index is 12.6. The Morgan fingerprint density at radius 2 is 1.75 bits per heavy atom. The number of nitrogens with one attached hydrogen (secondary N) is 3. The zero-order chi connectivity index (χ0) is 19.9. The van der Waals surface area contributed by atoms with Crippen molar-refractivity contribution in [3.63, 3.8) is 0 Å². The number of aromatic nitrogens is 1. The Morgan fingerprint density at radius 3 is 2.54 bits per heavy atom. The molecule has 3 N–H and O–H groups in total. The summed E-state index contributed by atoms with van der Waals surface area (Å²) in [6.07, 6.45) is 0.672. The van der Waals surface area contributed by atoms with Gasteiger partial charge >= 0.3 is 12.0 Å². The molecule has 7 nitrogen and oxygen atoms in total. The number of ether oxygens (including phenoxy) is 1. The van der Waals surface area contributed by atoms with Crippen molar-refractivity contribution in [2.45, 2.75) is 19.4 Å². The average molecular weight is 379 g/mol. The molecule has 0 aliphatic carbocycles. The van der Waals surface area contributed by atoms with Crippen LogP contribution in [0.15, 0.2) is 60.8 Å². The standard InChI is InChI=1S/C21H21N3O4/c1-14(20(26)17-13-23-18-10-6-5-9-16(17)18)28-19(25)11-12-22-21(27)24-15-7-3-2-4-8-15/h2-10,13-14,23H,11-12H2,1H3,(H2,22,24,27)/t14-/m0/s1. The lowest BCUT2D eigenvalue weighted by molar-refractivity contribution is -0.146. The molecule has 3 aromatic rings. The number of hydrogen-bond acceptors (Lipinski definition) is 4. The molecule has 0 aliphatic rings. The van der Waals surface area contributed by atoms with Crippen LogP contribution in [0.1, 0.15) is 23.7 Å². The van der Waals surface area contributed by atoms with Gasteiger partial charge in [0.25, 0.3) is 0 Å². The summed E-state index contributed by atoms with van der Waals surface area (Å²) in [5.74, 6) is -0.832. The van der Waals surface area contributed by atoms with Crippen molar-refractivity contribution >= 4 is 34.4 Å². The highest BCUT2D eigenvalue weighted by molar-refractivity contribution is 6.10. The number of para-hydroxylation sites is 2. The Bertz CT molecular complexity index is 981. The van der Waals surface area contributed by atoms with Crippen LogP contribution in [0.5, 0.6) is 0 Å². The Hall–Kier alpha value is -3.61. The molecule has 1 aromatic heterocycles. The van der Waals surface area contributed by atoms with E-state index in [0.29, 0.717) is 11.3 Å². The van der Waals surface area contributed by atoms with Crippen molar-refractivity contribution < 1.29 is 19.1 Å². The van der Waals surface area contributed by atoms with Crippen LogP contribution in [0, 0.1) is 0 Å². The quantitative estimate of drug-likeness (QED) is 0.432. The van der Waals surface area contributed by atoms with Crippen LogP contribution in [-0.2, 0) is 9.53 Å². The molecule has 7 heteroatoms. The molecule has 0 aliphatic heterocycles. The Labute approximate surface area is 162 Å². The second kappa shape index (κ2) is 8.85. The largest absolute Gasteiger partial charge is 0.454 e. The van der Waals surface area contributed by atoms with Gasteiger partial charge in [-0.25, -0.2) is 4.79 Å². The second-order valence-electron chi connectivity index (χ2n) is 6.24. The third kappa shape index (κ3) is 4.76. The summed E-state index contributed by atoms with van der Waals surface area (Å²) in [6.45, 7) is 1.64. The van der Waals surface area contributed by atoms with Gasteiger partial charge in [0.15, 0.2) is 6.10 Å². The van der Waals surface area contributed by atoms with E-state index >= 15 is 0 Å². The molecule has 3 rings (SSSR count). The highest BCUT2D eigenvalue weighted by Gasteiger charge is 2.22. The second-order valence-corrected chi connectivity index (χ2v) is 6.24. The predicted molar refractivity (Wildman–Crippen MR) is 106 cm³/mol. The minimum absolute atomic E-state index is 0.0340. The first kappa shape index (κ1) is 19.2. The van der Waals surface area contributed by atoms with Crippen LogP contribution < -0.4 is 10.6 Å². The first-order chi connectivity index (χ1) is 13.5. The highest BCUT2D eigenvalue weighted by atomic mass is 16.5. The number of ketones is 1. The fourth-order valence-corrected chi connectivity index (χ4v) is 2.78. The molecule has 0 bridgehead atoms. The number of anilines is 1. The number of H-pyrrole nitrogens is 1. The number of amides is 2.